The van der Waals surface area contributed by atoms with Crippen LogP contribution in [0, 0.1) is 0 Å². The summed E-state index contributed by atoms with van der Waals surface area (Å²) in [6.45, 7) is 2.68. The summed E-state index contributed by atoms with van der Waals surface area (Å²) in [7, 11) is 0. The van der Waals surface area contributed by atoms with Crippen LogP contribution < -0.4 is 15.6 Å². The van der Waals surface area contributed by atoms with Gasteiger partial charge in [0.15, 0.2) is 5.69 Å². The molecule has 0 saturated heterocycles. The van der Waals surface area contributed by atoms with Crippen LogP contribution in [0.25, 0.3) is 16.5 Å². The van der Waals surface area contributed by atoms with E-state index < -0.39 is 5.91 Å². The maximum Gasteiger partial charge on any atom is 0.279 e. The van der Waals surface area contributed by atoms with E-state index in [2.05, 4.69) is 10.4 Å². The number of furan rings is 1. The van der Waals surface area contributed by atoms with Gasteiger partial charge in [-0.3, -0.25) is 9.59 Å². The van der Waals surface area contributed by atoms with Crippen molar-refractivity contribution in [3.8, 4) is 11.4 Å². The maximum absolute atomic E-state index is 13.0. The summed E-state index contributed by atoms with van der Waals surface area (Å²) in [5.41, 5.74) is 0.414. The van der Waals surface area contributed by atoms with Gasteiger partial charge in [-0.25, -0.2) is 0 Å². The minimum atomic E-state index is -0.391. The molecule has 0 bridgehead atoms. The van der Waals surface area contributed by atoms with E-state index in [1.807, 2.05) is 6.92 Å². The normalized spacial score (nSPS) is 10.8. The average molecular weight is 389 g/mol. The van der Waals surface area contributed by atoms with Crippen LogP contribution in [-0.2, 0) is 6.54 Å². The Bertz CT molecular complexity index is 1200. The van der Waals surface area contributed by atoms with E-state index in [9.17, 15) is 9.59 Å². The average Bonchev–Trinajstić information content (AvgIpc) is 3.27. The van der Waals surface area contributed by atoms with Crippen LogP contribution in [0.4, 0.5) is 0 Å². The van der Waals surface area contributed by atoms with E-state index in [0.717, 1.165) is 0 Å². The zero-order chi connectivity index (χ0) is 20.2. The molecule has 1 amide bonds. The molecule has 4 aromatic rings. The number of carbonyl (C=O) groups is 1. The first-order valence-electron chi connectivity index (χ1n) is 9.23. The van der Waals surface area contributed by atoms with E-state index in [0.29, 0.717) is 34.6 Å². The predicted molar refractivity (Wildman–Crippen MR) is 108 cm³/mol. The molecule has 29 heavy (non-hydrogen) atoms. The van der Waals surface area contributed by atoms with Crippen LogP contribution in [-0.4, -0.2) is 22.3 Å². The van der Waals surface area contributed by atoms with Gasteiger partial charge in [0, 0.05) is 5.39 Å². The molecule has 2 heterocycles. The molecule has 0 radical (unpaired) electrons. The second-order valence-corrected chi connectivity index (χ2v) is 6.30. The topological polar surface area (TPSA) is 86.4 Å². The lowest BCUT2D eigenvalue weighted by molar-refractivity contribution is 0.0943. The minimum Gasteiger partial charge on any atom is -0.494 e. The van der Waals surface area contributed by atoms with Crippen LogP contribution in [0.3, 0.4) is 0 Å². The Balaban J connectivity index is 1.76. The monoisotopic (exact) mass is 389 g/mol. The Labute approximate surface area is 166 Å². The summed E-state index contributed by atoms with van der Waals surface area (Å²) >= 11 is 0. The highest BCUT2D eigenvalue weighted by atomic mass is 16.5. The summed E-state index contributed by atoms with van der Waals surface area (Å²) in [6.07, 6.45) is 1.54. The van der Waals surface area contributed by atoms with E-state index in [-0.39, 0.29) is 17.8 Å². The van der Waals surface area contributed by atoms with Crippen molar-refractivity contribution in [1.82, 2.24) is 15.1 Å². The summed E-state index contributed by atoms with van der Waals surface area (Å²) in [5, 5.41) is 8.07. The molecular formula is C22H19N3O4. The number of rotatable bonds is 6. The number of hydrogen-bond donors (Lipinski definition) is 1. The number of carbonyl (C=O) groups excluding carboxylic acids is 1. The Kier molecular flexibility index (Phi) is 5.11. The van der Waals surface area contributed by atoms with Gasteiger partial charge >= 0.3 is 0 Å². The van der Waals surface area contributed by atoms with Crippen LogP contribution in [0.15, 0.2) is 76.1 Å². The Morgan fingerprint density at radius 1 is 1.07 bits per heavy atom. The van der Waals surface area contributed by atoms with E-state index in [4.69, 9.17) is 9.15 Å². The zero-order valence-corrected chi connectivity index (χ0v) is 15.8. The molecule has 0 aliphatic rings. The predicted octanol–water partition coefficient (Wildman–Crippen LogP) is 3.31. The lowest BCUT2D eigenvalue weighted by Crippen LogP contribution is -2.29. The van der Waals surface area contributed by atoms with Gasteiger partial charge in [0.05, 0.1) is 30.5 Å². The van der Waals surface area contributed by atoms with Gasteiger partial charge < -0.3 is 14.5 Å². The third-order valence-electron chi connectivity index (χ3n) is 4.42. The van der Waals surface area contributed by atoms with Crippen LogP contribution in [0.5, 0.6) is 5.75 Å². The van der Waals surface area contributed by atoms with Gasteiger partial charge in [-0.15, -0.1) is 0 Å². The minimum absolute atomic E-state index is 0.167. The molecule has 0 aliphatic carbocycles. The summed E-state index contributed by atoms with van der Waals surface area (Å²) < 4.78 is 11.9. The Morgan fingerprint density at radius 3 is 2.52 bits per heavy atom. The second kappa shape index (κ2) is 8.02. The number of amides is 1. The van der Waals surface area contributed by atoms with Crippen molar-refractivity contribution in [3.63, 3.8) is 0 Å². The van der Waals surface area contributed by atoms with Crippen molar-refractivity contribution >= 4 is 16.7 Å². The molecule has 0 atom stereocenters. The van der Waals surface area contributed by atoms with Crippen molar-refractivity contribution in [2.24, 2.45) is 0 Å². The lowest BCUT2D eigenvalue weighted by Gasteiger charge is -2.11. The number of nitrogens with one attached hydrogen (secondary N) is 1. The third-order valence-corrected chi connectivity index (χ3v) is 4.42. The highest BCUT2D eigenvalue weighted by molar-refractivity contribution is 6.04. The first kappa shape index (κ1) is 18.5. The van der Waals surface area contributed by atoms with Gasteiger partial charge in [0.1, 0.15) is 11.5 Å². The van der Waals surface area contributed by atoms with Gasteiger partial charge in [-0.2, -0.15) is 9.78 Å². The molecule has 146 valence electrons. The van der Waals surface area contributed by atoms with E-state index in [1.165, 1.54) is 4.68 Å². The molecule has 1 N–H and O–H groups in total. The molecule has 7 heteroatoms. The lowest BCUT2D eigenvalue weighted by atomic mass is 10.1. The van der Waals surface area contributed by atoms with Crippen molar-refractivity contribution in [2.45, 2.75) is 13.5 Å². The van der Waals surface area contributed by atoms with Crippen molar-refractivity contribution in [1.29, 1.82) is 0 Å². The van der Waals surface area contributed by atoms with Gasteiger partial charge in [-0.1, -0.05) is 18.2 Å². The summed E-state index contributed by atoms with van der Waals surface area (Å²) in [6, 6.07) is 17.5. The van der Waals surface area contributed by atoms with Crippen molar-refractivity contribution < 1.29 is 13.9 Å². The SMILES string of the molecule is CCOc1ccc(-n2nc(C(=O)NCc3ccco3)c3ccccc3c2=O)cc1. The molecule has 0 unspecified atom stereocenters. The van der Waals surface area contributed by atoms with Crippen molar-refractivity contribution in [2.75, 3.05) is 6.61 Å². The quantitative estimate of drug-likeness (QED) is 0.547. The van der Waals surface area contributed by atoms with Gasteiger partial charge in [-0.05, 0) is 49.4 Å². The second-order valence-electron chi connectivity index (χ2n) is 6.30. The van der Waals surface area contributed by atoms with Crippen LogP contribution >= 0.6 is 0 Å². The van der Waals surface area contributed by atoms with Crippen molar-refractivity contribution in [3.05, 3.63) is 88.7 Å². The largest absolute Gasteiger partial charge is 0.494 e. The number of benzene rings is 2. The maximum atomic E-state index is 13.0. The fourth-order valence-electron chi connectivity index (χ4n) is 3.05. The van der Waals surface area contributed by atoms with Gasteiger partial charge in [0.25, 0.3) is 11.5 Å². The van der Waals surface area contributed by atoms with Crippen LogP contribution in [0.2, 0.25) is 0 Å². The van der Waals surface area contributed by atoms with Gasteiger partial charge in [0.2, 0.25) is 0 Å². The highest BCUT2D eigenvalue weighted by Crippen LogP contribution is 2.17. The molecule has 0 fully saturated rings. The fraction of sp³-hybridized carbons (Fsp3) is 0.136. The third kappa shape index (κ3) is 3.75. The first-order chi connectivity index (χ1) is 14.2. The number of ether oxygens (including phenoxy) is 1. The molecule has 0 saturated carbocycles. The summed E-state index contributed by atoms with van der Waals surface area (Å²) in [4.78, 5) is 25.8. The Hall–Kier alpha value is -3.87. The molecule has 0 aliphatic heterocycles. The molecule has 0 spiro atoms. The number of hydrogen-bond acceptors (Lipinski definition) is 5. The highest BCUT2D eigenvalue weighted by Gasteiger charge is 2.17. The standard InChI is InChI=1S/C22H19N3O4/c1-2-28-16-11-9-15(10-12-16)25-22(27)19-8-4-3-7-18(19)20(24-25)21(26)23-14-17-6-5-13-29-17/h3-13H,2,14H2,1H3,(H,23,26). The van der Waals surface area contributed by atoms with Crippen LogP contribution in [0.1, 0.15) is 23.2 Å². The molecular weight excluding hydrogens is 370 g/mol. The summed E-state index contributed by atoms with van der Waals surface area (Å²) in [5.74, 6) is 0.932. The molecule has 2 aromatic carbocycles. The molecule has 7 nitrogen and oxygen atoms in total. The number of fused-ring (bicyclic) bond motifs is 1. The number of nitrogens with zero attached hydrogens (tertiary/aromatic N) is 2. The first-order valence-corrected chi connectivity index (χ1v) is 9.23. The zero-order valence-electron chi connectivity index (χ0n) is 15.8. The Morgan fingerprint density at radius 2 is 1.83 bits per heavy atom. The molecule has 2 aromatic heterocycles. The van der Waals surface area contributed by atoms with E-state index in [1.54, 1.807) is 66.9 Å². The molecule has 4 rings (SSSR count). The smallest absolute Gasteiger partial charge is 0.279 e. The van der Waals surface area contributed by atoms with E-state index >= 15 is 0 Å². The number of aromatic nitrogens is 2. The fourth-order valence-corrected chi connectivity index (χ4v) is 3.05.